The van der Waals surface area contributed by atoms with Crippen molar-refractivity contribution in [3.05, 3.63) is 0 Å². The molecule has 2 unspecified atom stereocenters. The van der Waals surface area contributed by atoms with Gasteiger partial charge in [-0.3, -0.25) is 10.3 Å². The molecule has 0 fully saturated rings. The lowest BCUT2D eigenvalue weighted by molar-refractivity contribution is 0.216. The van der Waals surface area contributed by atoms with E-state index in [2.05, 4.69) is 24.2 Å². The Balaban J connectivity index is 3.62. The van der Waals surface area contributed by atoms with Gasteiger partial charge in [0.1, 0.15) is 0 Å². The highest BCUT2D eigenvalue weighted by Gasteiger charge is 2.09. The molecule has 0 rings (SSSR count). The molecule has 0 aliphatic carbocycles. The lowest BCUT2D eigenvalue weighted by atomic mass is 10.0. The molecule has 0 saturated heterocycles. The number of nitrogens with one attached hydrogen (secondary N) is 1. The van der Waals surface area contributed by atoms with Gasteiger partial charge < -0.3 is 5.11 Å². The van der Waals surface area contributed by atoms with Gasteiger partial charge in [0.2, 0.25) is 0 Å². The average Bonchev–Trinajstić information content (AvgIpc) is 2.22. The van der Waals surface area contributed by atoms with Crippen LogP contribution in [0.4, 0.5) is 0 Å². The molecule has 0 saturated carbocycles. The van der Waals surface area contributed by atoms with Crippen molar-refractivity contribution in [2.75, 3.05) is 19.5 Å². The molecule has 0 aliphatic rings. The lowest BCUT2D eigenvalue weighted by Crippen LogP contribution is -2.31. The molecular weight excluding hydrogens is 196 g/mol. The fourth-order valence-corrected chi connectivity index (χ4v) is 1.47. The minimum absolute atomic E-state index is 0.270. The molecule has 2 atom stereocenters. The minimum Gasteiger partial charge on any atom is -0.396 e. The number of aliphatic hydroxyl groups is 1. The van der Waals surface area contributed by atoms with Gasteiger partial charge in [-0.25, -0.2) is 0 Å². The van der Waals surface area contributed by atoms with Crippen molar-refractivity contribution in [3.8, 4) is 0 Å². The molecule has 0 amide bonds. The summed E-state index contributed by atoms with van der Waals surface area (Å²) in [6, 6.07) is 0.469. The summed E-state index contributed by atoms with van der Waals surface area (Å²) >= 11 is 1.61. The van der Waals surface area contributed by atoms with Gasteiger partial charge in [-0.2, -0.15) is 0 Å². The highest BCUT2D eigenvalue weighted by molar-refractivity contribution is 8.11. The topological polar surface area (TPSA) is 44.6 Å². The normalized spacial score (nSPS) is 16.0. The second kappa shape index (κ2) is 9.49. The summed E-state index contributed by atoms with van der Waals surface area (Å²) in [5, 5.41) is 12.3. The summed E-state index contributed by atoms with van der Waals surface area (Å²) in [6.07, 6.45) is 4.09. The van der Waals surface area contributed by atoms with E-state index in [4.69, 9.17) is 5.11 Å². The Kier molecular flexibility index (Phi) is 9.45. The molecule has 0 bridgehead atoms. The highest BCUT2D eigenvalue weighted by atomic mass is 32.2. The first-order valence-corrected chi connectivity index (χ1v) is 6.38. The standard InChI is InChI=1S/C10H22N2OS/c1-4-10(5-9(2)6-13)12-7-11-8-14-3/h8-10,12-13H,4-7H2,1-3H3. The Morgan fingerprint density at radius 2 is 2.29 bits per heavy atom. The summed E-state index contributed by atoms with van der Waals surface area (Å²) in [6.45, 7) is 5.17. The van der Waals surface area contributed by atoms with E-state index in [0.717, 1.165) is 12.8 Å². The van der Waals surface area contributed by atoms with Gasteiger partial charge >= 0.3 is 0 Å². The second-order valence-electron chi connectivity index (χ2n) is 3.51. The van der Waals surface area contributed by atoms with Crippen LogP contribution in [-0.4, -0.2) is 36.2 Å². The predicted molar refractivity (Wildman–Crippen MR) is 65.0 cm³/mol. The van der Waals surface area contributed by atoms with Crippen molar-refractivity contribution in [3.63, 3.8) is 0 Å². The number of nitrogens with zero attached hydrogens (tertiary/aromatic N) is 1. The smallest absolute Gasteiger partial charge is 0.0892 e. The summed E-state index contributed by atoms with van der Waals surface area (Å²) in [5.74, 6) is 0.372. The number of hydrogen-bond donors (Lipinski definition) is 2. The maximum atomic E-state index is 8.93. The van der Waals surface area contributed by atoms with Crippen molar-refractivity contribution in [2.45, 2.75) is 32.7 Å². The van der Waals surface area contributed by atoms with Crippen molar-refractivity contribution >= 4 is 17.3 Å². The predicted octanol–water partition coefficient (Wildman–Crippen LogP) is 1.72. The number of thioether (sulfide) groups is 1. The first-order chi connectivity index (χ1) is 6.74. The van der Waals surface area contributed by atoms with Crippen LogP contribution in [0.2, 0.25) is 0 Å². The number of rotatable bonds is 8. The third-order valence-corrected chi connectivity index (χ3v) is 2.50. The molecule has 0 radical (unpaired) electrons. The lowest BCUT2D eigenvalue weighted by Gasteiger charge is -2.18. The van der Waals surface area contributed by atoms with Crippen LogP contribution in [0.1, 0.15) is 26.7 Å². The third-order valence-electron chi connectivity index (χ3n) is 2.14. The zero-order chi connectivity index (χ0) is 10.8. The molecule has 4 heteroatoms. The average molecular weight is 218 g/mol. The summed E-state index contributed by atoms with van der Waals surface area (Å²) in [4.78, 5) is 4.18. The Hall–Kier alpha value is -0.0600. The van der Waals surface area contributed by atoms with Crippen molar-refractivity contribution in [2.24, 2.45) is 10.9 Å². The van der Waals surface area contributed by atoms with Crippen molar-refractivity contribution in [1.29, 1.82) is 0 Å². The summed E-state index contributed by atoms with van der Waals surface area (Å²) < 4.78 is 0. The molecule has 14 heavy (non-hydrogen) atoms. The Labute approximate surface area is 91.4 Å². The number of aliphatic hydroxyl groups excluding tert-OH is 1. The van der Waals surface area contributed by atoms with E-state index in [1.54, 1.807) is 11.8 Å². The van der Waals surface area contributed by atoms with Crippen molar-refractivity contribution in [1.82, 2.24) is 5.32 Å². The van der Waals surface area contributed by atoms with E-state index in [9.17, 15) is 0 Å². The SMILES string of the molecule is CCC(CC(C)CO)NCN=CSC. The van der Waals surface area contributed by atoms with Crippen LogP contribution in [0.25, 0.3) is 0 Å². The van der Waals surface area contributed by atoms with Crippen LogP contribution >= 0.6 is 11.8 Å². The van der Waals surface area contributed by atoms with E-state index in [1.807, 2.05) is 11.8 Å². The summed E-state index contributed by atoms with van der Waals surface area (Å²) in [5.41, 5.74) is 1.84. The van der Waals surface area contributed by atoms with Gasteiger partial charge in [-0.15, -0.1) is 11.8 Å². The van der Waals surface area contributed by atoms with Gasteiger partial charge in [0.15, 0.2) is 0 Å². The van der Waals surface area contributed by atoms with Crippen molar-refractivity contribution < 1.29 is 5.11 Å². The molecule has 0 aromatic heterocycles. The maximum absolute atomic E-state index is 8.93. The molecule has 0 aliphatic heterocycles. The van der Waals surface area contributed by atoms with Gasteiger partial charge in [0.25, 0.3) is 0 Å². The second-order valence-corrected chi connectivity index (χ2v) is 4.20. The zero-order valence-corrected chi connectivity index (χ0v) is 10.2. The zero-order valence-electron chi connectivity index (χ0n) is 9.36. The highest BCUT2D eigenvalue weighted by Crippen LogP contribution is 2.07. The number of aliphatic imine (C=N–C) groups is 1. The Morgan fingerprint density at radius 1 is 1.57 bits per heavy atom. The van der Waals surface area contributed by atoms with Gasteiger partial charge in [-0.05, 0) is 25.0 Å². The summed E-state index contributed by atoms with van der Waals surface area (Å²) in [7, 11) is 0. The van der Waals surface area contributed by atoms with Crippen LogP contribution in [0, 0.1) is 5.92 Å². The quantitative estimate of drug-likeness (QED) is 0.482. The largest absolute Gasteiger partial charge is 0.396 e. The molecule has 0 aromatic carbocycles. The van der Waals surface area contributed by atoms with E-state index >= 15 is 0 Å². The number of hydrogen-bond acceptors (Lipinski definition) is 4. The van der Waals surface area contributed by atoms with Crippen LogP contribution in [0.3, 0.4) is 0 Å². The fourth-order valence-electron chi connectivity index (χ4n) is 1.25. The van der Waals surface area contributed by atoms with Gasteiger partial charge in [-0.1, -0.05) is 13.8 Å². The molecule has 0 aromatic rings. The first kappa shape index (κ1) is 13.9. The van der Waals surface area contributed by atoms with Gasteiger partial charge in [0.05, 0.1) is 12.2 Å². The minimum atomic E-state index is 0.270. The van der Waals surface area contributed by atoms with E-state index in [0.29, 0.717) is 18.6 Å². The first-order valence-electron chi connectivity index (χ1n) is 5.09. The van der Waals surface area contributed by atoms with E-state index in [-0.39, 0.29) is 6.61 Å². The molecular formula is C10H22N2OS. The monoisotopic (exact) mass is 218 g/mol. The third kappa shape index (κ3) is 7.35. The van der Waals surface area contributed by atoms with Crippen LogP contribution in [0.15, 0.2) is 4.99 Å². The Morgan fingerprint density at radius 3 is 2.79 bits per heavy atom. The van der Waals surface area contributed by atoms with Gasteiger partial charge in [0, 0.05) is 12.6 Å². The maximum Gasteiger partial charge on any atom is 0.0892 e. The van der Waals surface area contributed by atoms with Crippen LogP contribution in [0.5, 0.6) is 0 Å². The van der Waals surface area contributed by atoms with Crippen LogP contribution in [-0.2, 0) is 0 Å². The Bertz CT molecular complexity index is 153. The van der Waals surface area contributed by atoms with Crippen LogP contribution < -0.4 is 5.32 Å². The molecule has 3 nitrogen and oxygen atoms in total. The van der Waals surface area contributed by atoms with E-state index < -0.39 is 0 Å². The molecule has 0 spiro atoms. The van der Waals surface area contributed by atoms with E-state index in [1.165, 1.54) is 0 Å². The molecule has 0 heterocycles. The fraction of sp³-hybridized carbons (Fsp3) is 0.900. The molecule has 2 N–H and O–H groups in total. The molecule has 84 valence electrons.